The van der Waals surface area contributed by atoms with Crippen LogP contribution < -0.4 is 5.32 Å². The molecule has 4 nitrogen and oxygen atoms in total. The number of unbranched alkanes of at least 4 members (excludes halogenated alkanes) is 1. The first-order chi connectivity index (χ1) is 12.7. The Hall–Kier alpha value is -2.05. The maximum Gasteiger partial charge on any atom is 0.416 e. The third kappa shape index (κ3) is 5.97. The van der Waals surface area contributed by atoms with Crippen molar-refractivity contribution in [3.8, 4) is 0 Å². The van der Waals surface area contributed by atoms with E-state index in [4.69, 9.17) is 0 Å². The summed E-state index contributed by atoms with van der Waals surface area (Å²) in [5, 5.41) is 2.58. The van der Waals surface area contributed by atoms with E-state index < -0.39 is 11.7 Å². The summed E-state index contributed by atoms with van der Waals surface area (Å²) in [7, 11) is 1.81. The fraction of sp³-hybridized carbons (Fsp3) is 0.600. The van der Waals surface area contributed by atoms with Crippen molar-refractivity contribution in [2.24, 2.45) is 11.8 Å². The van der Waals surface area contributed by atoms with Crippen molar-refractivity contribution in [2.45, 2.75) is 51.6 Å². The van der Waals surface area contributed by atoms with Crippen molar-refractivity contribution in [1.29, 1.82) is 0 Å². The minimum atomic E-state index is -4.44. The highest BCUT2D eigenvalue weighted by atomic mass is 19.4. The summed E-state index contributed by atoms with van der Waals surface area (Å²) >= 11 is 0. The maximum absolute atomic E-state index is 12.8. The molecule has 1 fully saturated rings. The van der Waals surface area contributed by atoms with E-state index in [1.54, 1.807) is 4.90 Å². The molecular weight excluding hydrogens is 357 g/mol. The molecule has 0 aromatic heterocycles. The molecule has 1 aromatic carbocycles. The lowest BCUT2D eigenvalue weighted by Gasteiger charge is -2.30. The van der Waals surface area contributed by atoms with E-state index in [1.807, 2.05) is 7.05 Å². The molecule has 0 unspecified atom stereocenters. The first kappa shape index (κ1) is 21.3. The number of alkyl halides is 3. The van der Waals surface area contributed by atoms with Crippen LogP contribution >= 0.6 is 0 Å². The molecule has 0 atom stereocenters. The first-order valence-corrected chi connectivity index (χ1v) is 9.45. The summed E-state index contributed by atoms with van der Waals surface area (Å²) in [6.45, 7) is 2.82. The number of rotatable bonds is 6. The number of hydrogen-bond donors (Lipinski definition) is 1. The molecule has 0 saturated heterocycles. The molecule has 150 valence electrons. The summed E-state index contributed by atoms with van der Waals surface area (Å²) < 4.78 is 38.3. The summed E-state index contributed by atoms with van der Waals surface area (Å²) in [5.41, 5.74) is -0.642. The molecule has 1 saturated carbocycles. The molecule has 0 heterocycles. The Morgan fingerprint density at radius 3 is 2.37 bits per heavy atom. The van der Waals surface area contributed by atoms with E-state index in [-0.39, 0.29) is 29.3 Å². The van der Waals surface area contributed by atoms with Crippen LogP contribution in [0.2, 0.25) is 0 Å². The Balaban J connectivity index is 1.87. The molecule has 1 aliphatic carbocycles. The number of benzene rings is 1. The zero-order valence-electron chi connectivity index (χ0n) is 15.8. The van der Waals surface area contributed by atoms with Crippen molar-refractivity contribution >= 4 is 17.5 Å². The quantitative estimate of drug-likeness (QED) is 0.772. The summed E-state index contributed by atoms with van der Waals surface area (Å²) in [4.78, 5) is 26.6. The van der Waals surface area contributed by atoms with E-state index >= 15 is 0 Å². The predicted molar refractivity (Wildman–Crippen MR) is 98.1 cm³/mol. The third-order valence-corrected chi connectivity index (χ3v) is 5.13. The summed E-state index contributed by atoms with van der Waals surface area (Å²) in [6, 6.07) is 4.64. The van der Waals surface area contributed by atoms with Gasteiger partial charge < -0.3 is 10.2 Å². The Morgan fingerprint density at radius 1 is 1.15 bits per heavy atom. The maximum atomic E-state index is 12.8. The molecule has 0 bridgehead atoms. The van der Waals surface area contributed by atoms with Gasteiger partial charge in [-0.2, -0.15) is 13.2 Å². The fourth-order valence-electron chi connectivity index (χ4n) is 3.44. The fourth-order valence-corrected chi connectivity index (χ4v) is 3.44. The Labute approximate surface area is 158 Å². The van der Waals surface area contributed by atoms with Crippen LogP contribution in [-0.2, 0) is 15.8 Å². The van der Waals surface area contributed by atoms with Gasteiger partial charge in [-0.1, -0.05) is 19.4 Å². The molecule has 1 aromatic rings. The predicted octanol–water partition coefficient (Wildman–Crippen LogP) is 4.71. The summed E-state index contributed by atoms with van der Waals surface area (Å²) in [5.74, 6) is -0.492. The van der Waals surface area contributed by atoms with Crippen LogP contribution in [0.3, 0.4) is 0 Å². The van der Waals surface area contributed by atoms with E-state index in [0.29, 0.717) is 25.7 Å². The average molecular weight is 384 g/mol. The second-order valence-corrected chi connectivity index (χ2v) is 7.23. The monoisotopic (exact) mass is 384 g/mol. The number of nitrogens with zero attached hydrogens (tertiary/aromatic N) is 1. The lowest BCUT2D eigenvalue weighted by atomic mass is 9.81. The molecule has 0 radical (unpaired) electrons. The van der Waals surface area contributed by atoms with E-state index in [1.165, 1.54) is 12.1 Å². The lowest BCUT2D eigenvalue weighted by Crippen LogP contribution is -2.37. The smallest absolute Gasteiger partial charge is 0.346 e. The molecule has 2 amide bonds. The van der Waals surface area contributed by atoms with Gasteiger partial charge in [-0.25, -0.2) is 0 Å². The van der Waals surface area contributed by atoms with Crippen LogP contribution in [0.25, 0.3) is 0 Å². The second kappa shape index (κ2) is 9.24. The topological polar surface area (TPSA) is 49.4 Å². The Morgan fingerprint density at radius 2 is 1.78 bits per heavy atom. The Kier molecular flexibility index (Phi) is 7.27. The standard InChI is InChI=1S/C20H27F3N2O2/c1-3-4-12-25(2)19(27)15-10-8-14(9-11-15)18(26)24-17-7-5-6-16(13-17)20(21,22)23/h5-7,13-15H,3-4,8-12H2,1-2H3,(H,24,26). The average Bonchev–Trinajstić information content (AvgIpc) is 2.65. The number of carbonyl (C=O) groups is 2. The minimum absolute atomic E-state index is 0.0653. The molecule has 1 aliphatic rings. The van der Waals surface area contributed by atoms with Gasteiger partial charge in [0.05, 0.1) is 5.56 Å². The van der Waals surface area contributed by atoms with Crippen molar-refractivity contribution < 1.29 is 22.8 Å². The number of amides is 2. The number of hydrogen-bond acceptors (Lipinski definition) is 2. The zero-order chi connectivity index (χ0) is 20.0. The van der Waals surface area contributed by atoms with Crippen molar-refractivity contribution in [1.82, 2.24) is 4.90 Å². The highest BCUT2D eigenvalue weighted by Crippen LogP contribution is 2.33. The van der Waals surface area contributed by atoms with Crippen LogP contribution in [0.1, 0.15) is 51.0 Å². The van der Waals surface area contributed by atoms with Gasteiger partial charge >= 0.3 is 6.18 Å². The number of nitrogens with one attached hydrogen (secondary N) is 1. The van der Waals surface area contributed by atoms with Gasteiger partial charge in [-0.05, 0) is 50.3 Å². The third-order valence-electron chi connectivity index (χ3n) is 5.13. The molecule has 0 spiro atoms. The van der Waals surface area contributed by atoms with Crippen LogP contribution in [0.5, 0.6) is 0 Å². The van der Waals surface area contributed by atoms with Crippen LogP contribution in [0.15, 0.2) is 24.3 Å². The zero-order valence-corrected chi connectivity index (χ0v) is 15.8. The normalized spacial score (nSPS) is 20.2. The van der Waals surface area contributed by atoms with Crippen molar-refractivity contribution in [3.05, 3.63) is 29.8 Å². The highest BCUT2D eigenvalue weighted by molar-refractivity contribution is 5.92. The molecule has 0 aliphatic heterocycles. The molecular formula is C20H27F3N2O2. The SMILES string of the molecule is CCCCN(C)C(=O)C1CCC(C(=O)Nc2cccc(C(F)(F)F)c2)CC1. The van der Waals surface area contributed by atoms with Gasteiger partial charge in [0.15, 0.2) is 0 Å². The highest BCUT2D eigenvalue weighted by Gasteiger charge is 2.32. The van der Waals surface area contributed by atoms with Gasteiger partial charge in [0.25, 0.3) is 0 Å². The molecule has 27 heavy (non-hydrogen) atoms. The Bertz CT molecular complexity index is 653. The lowest BCUT2D eigenvalue weighted by molar-refractivity contribution is -0.137. The van der Waals surface area contributed by atoms with E-state index in [0.717, 1.165) is 31.5 Å². The summed E-state index contributed by atoms with van der Waals surface area (Å²) in [6.07, 6.45) is -0.0302. The molecule has 7 heteroatoms. The first-order valence-electron chi connectivity index (χ1n) is 9.45. The van der Waals surface area contributed by atoms with Crippen molar-refractivity contribution in [3.63, 3.8) is 0 Å². The minimum Gasteiger partial charge on any atom is -0.346 e. The molecule has 2 rings (SSSR count). The van der Waals surface area contributed by atoms with Crippen LogP contribution in [0, 0.1) is 11.8 Å². The number of halogens is 3. The van der Waals surface area contributed by atoms with Gasteiger partial charge in [0.2, 0.25) is 11.8 Å². The van der Waals surface area contributed by atoms with E-state index in [9.17, 15) is 22.8 Å². The second-order valence-electron chi connectivity index (χ2n) is 7.23. The number of anilines is 1. The van der Waals surface area contributed by atoms with Gasteiger partial charge in [0.1, 0.15) is 0 Å². The van der Waals surface area contributed by atoms with Gasteiger partial charge in [-0.15, -0.1) is 0 Å². The van der Waals surface area contributed by atoms with Gasteiger partial charge in [-0.3, -0.25) is 9.59 Å². The van der Waals surface area contributed by atoms with Crippen LogP contribution in [-0.4, -0.2) is 30.3 Å². The van der Waals surface area contributed by atoms with E-state index in [2.05, 4.69) is 12.2 Å². The largest absolute Gasteiger partial charge is 0.416 e. The molecule has 1 N–H and O–H groups in total. The van der Waals surface area contributed by atoms with Crippen molar-refractivity contribution in [2.75, 3.05) is 18.9 Å². The van der Waals surface area contributed by atoms with Crippen LogP contribution in [0.4, 0.5) is 18.9 Å². The van der Waals surface area contributed by atoms with Gasteiger partial charge in [0, 0.05) is 31.1 Å². The number of carbonyl (C=O) groups excluding carboxylic acids is 2.